The summed E-state index contributed by atoms with van der Waals surface area (Å²) in [5.74, 6) is -0.0580. The highest BCUT2D eigenvalue weighted by molar-refractivity contribution is 7.12. The first-order valence-electron chi connectivity index (χ1n) is 6.88. The molecule has 0 atom stereocenters. The average Bonchev–Trinajstić information content (AvgIpc) is 3.05. The molecule has 1 aromatic heterocycles. The first kappa shape index (κ1) is 15.3. The van der Waals surface area contributed by atoms with E-state index in [1.165, 1.54) is 11.3 Å². The lowest BCUT2D eigenvalue weighted by Crippen LogP contribution is -2.28. The minimum Gasteiger partial charge on any atom is -0.383 e. The normalized spacial score (nSPS) is 10.1. The van der Waals surface area contributed by atoms with E-state index in [0.29, 0.717) is 18.0 Å². The van der Waals surface area contributed by atoms with Crippen LogP contribution in [0.5, 0.6) is 0 Å². The molecule has 2 rings (SSSR count). The summed E-state index contributed by atoms with van der Waals surface area (Å²) in [4.78, 5) is 24.1. The fourth-order valence-electron chi connectivity index (χ4n) is 1.84. The Hall–Kier alpha value is -2.14. The van der Waals surface area contributed by atoms with E-state index < -0.39 is 0 Å². The molecular weight excluding hydrogens is 284 g/mol. The van der Waals surface area contributed by atoms with E-state index in [-0.39, 0.29) is 24.5 Å². The number of hydrogen-bond donors (Lipinski definition) is 2. The summed E-state index contributed by atoms with van der Waals surface area (Å²) in [7, 11) is 0. The summed E-state index contributed by atoms with van der Waals surface area (Å²) >= 11 is 1.41. The number of carbonyl (C=O) groups is 2. The summed E-state index contributed by atoms with van der Waals surface area (Å²) in [5.41, 5.74) is 1.03. The van der Waals surface area contributed by atoms with Crippen LogP contribution in [0.4, 0.5) is 5.69 Å². The topological polar surface area (TPSA) is 58.2 Å². The Bertz CT molecular complexity index is 567. The number of nitrogens with one attached hydrogen (secondary N) is 2. The lowest BCUT2D eigenvalue weighted by molar-refractivity contribution is -0.120. The van der Waals surface area contributed by atoms with E-state index in [9.17, 15) is 9.59 Å². The lowest BCUT2D eigenvalue weighted by atomic mass is 10.2. The van der Waals surface area contributed by atoms with Crippen LogP contribution in [0.2, 0.25) is 0 Å². The molecule has 0 aliphatic carbocycles. The SMILES string of the molecule is O=C(CCC(=O)c1cccs1)NCCNc1ccccc1. The molecule has 4 nitrogen and oxygen atoms in total. The molecule has 21 heavy (non-hydrogen) atoms. The van der Waals surface area contributed by atoms with E-state index >= 15 is 0 Å². The third-order valence-corrected chi connectivity index (χ3v) is 3.84. The molecule has 1 aromatic carbocycles. The molecule has 0 aliphatic rings. The number of amides is 1. The number of thiophene rings is 1. The van der Waals surface area contributed by atoms with Crippen LogP contribution in [0.1, 0.15) is 22.5 Å². The summed E-state index contributed by atoms with van der Waals surface area (Å²) in [6.07, 6.45) is 0.501. The number of anilines is 1. The second-order valence-corrected chi connectivity index (χ2v) is 5.49. The third-order valence-electron chi connectivity index (χ3n) is 2.93. The quantitative estimate of drug-likeness (QED) is 0.582. The molecular formula is C16H18N2O2S. The number of rotatable bonds is 8. The number of benzene rings is 1. The van der Waals surface area contributed by atoms with E-state index in [4.69, 9.17) is 0 Å². The molecule has 0 saturated heterocycles. The van der Waals surface area contributed by atoms with Gasteiger partial charge in [-0.3, -0.25) is 9.59 Å². The molecule has 2 N–H and O–H groups in total. The van der Waals surface area contributed by atoms with Crippen LogP contribution in [-0.2, 0) is 4.79 Å². The fraction of sp³-hybridized carbons (Fsp3) is 0.250. The molecule has 0 aliphatic heterocycles. The van der Waals surface area contributed by atoms with Gasteiger partial charge in [-0.15, -0.1) is 11.3 Å². The first-order chi connectivity index (χ1) is 10.3. The number of para-hydroxylation sites is 1. The molecule has 5 heteroatoms. The van der Waals surface area contributed by atoms with Crippen molar-refractivity contribution in [3.63, 3.8) is 0 Å². The average molecular weight is 302 g/mol. The molecule has 0 spiro atoms. The van der Waals surface area contributed by atoms with Gasteiger partial charge in [0, 0.05) is 31.6 Å². The van der Waals surface area contributed by atoms with E-state index in [0.717, 1.165) is 5.69 Å². The van der Waals surface area contributed by atoms with Crippen molar-refractivity contribution in [1.82, 2.24) is 5.32 Å². The maximum atomic E-state index is 11.7. The van der Waals surface area contributed by atoms with E-state index in [1.807, 2.05) is 41.8 Å². The van der Waals surface area contributed by atoms with Crippen LogP contribution in [0, 0.1) is 0 Å². The number of ketones is 1. The molecule has 110 valence electrons. The second-order valence-electron chi connectivity index (χ2n) is 4.54. The standard InChI is InChI=1S/C16H18N2O2S/c19-14(15-7-4-12-21-15)8-9-16(20)18-11-10-17-13-5-2-1-3-6-13/h1-7,12,17H,8-11H2,(H,18,20). The minimum absolute atomic E-state index is 0.0301. The van der Waals surface area contributed by atoms with Crippen LogP contribution in [0.3, 0.4) is 0 Å². The molecule has 2 aromatic rings. The van der Waals surface area contributed by atoms with Gasteiger partial charge >= 0.3 is 0 Å². The first-order valence-corrected chi connectivity index (χ1v) is 7.76. The maximum absolute atomic E-state index is 11.7. The minimum atomic E-state index is -0.0882. The zero-order valence-electron chi connectivity index (χ0n) is 11.7. The maximum Gasteiger partial charge on any atom is 0.220 e. The zero-order chi connectivity index (χ0) is 14.9. The van der Waals surface area contributed by atoms with Crippen LogP contribution >= 0.6 is 11.3 Å². The second kappa shape index (κ2) is 8.21. The Kier molecular flexibility index (Phi) is 5.97. The number of Topliss-reactive ketones (excluding diaryl/α,β-unsaturated/α-hetero) is 1. The molecule has 1 amide bonds. The van der Waals surface area contributed by atoms with Gasteiger partial charge in [-0.1, -0.05) is 24.3 Å². The Morgan fingerprint density at radius 1 is 0.952 bits per heavy atom. The Labute approximate surface area is 128 Å². The molecule has 0 unspecified atom stereocenters. The van der Waals surface area contributed by atoms with Gasteiger partial charge in [0.15, 0.2) is 5.78 Å². The van der Waals surface area contributed by atoms with Gasteiger partial charge in [0.05, 0.1) is 4.88 Å². The summed E-state index contributed by atoms with van der Waals surface area (Å²) in [5, 5.41) is 7.87. The van der Waals surface area contributed by atoms with Crippen LogP contribution in [0.25, 0.3) is 0 Å². The summed E-state index contributed by atoms with van der Waals surface area (Å²) in [6.45, 7) is 1.20. The Balaban J connectivity index is 1.59. The van der Waals surface area contributed by atoms with E-state index in [2.05, 4.69) is 10.6 Å². The highest BCUT2D eigenvalue weighted by atomic mass is 32.1. The van der Waals surface area contributed by atoms with Crippen molar-refractivity contribution in [3.8, 4) is 0 Å². The van der Waals surface area contributed by atoms with Gasteiger partial charge in [-0.05, 0) is 23.6 Å². The molecule has 0 fully saturated rings. The third kappa shape index (κ3) is 5.39. The van der Waals surface area contributed by atoms with Gasteiger partial charge in [-0.2, -0.15) is 0 Å². The summed E-state index contributed by atoms with van der Waals surface area (Å²) in [6, 6.07) is 13.4. The summed E-state index contributed by atoms with van der Waals surface area (Å²) < 4.78 is 0. The molecule has 0 bridgehead atoms. The number of hydrogen-bond acceptors (Lipinski definition) is 4. The van der Waals surface area contributed by atoms with Crippen LogP contribution < -0.4 is 10.6 Å². The van der Waals surface area contributed by atoms with Crippen LogP contribution in [-0.4, -0.2) is 24.8 Å². The monoisotopic (exact) mass is 302 g/mol. The predicted molar refractivity (Wildman–Crippen MR) is 85.8 cm³/mol. The van der Waals surface area contributed by atoms with Crippen molar-refractivity contribution in [1.29, 1.82) is 0 Å². The van der Waals surface area contributed by atoms with Crippen molar-refractivity contribution >= 4 is 28.7 Å². The van der Waals surface area contributed by atoms with Crippen molar-refractivity contribution < 1.29 is 9.59 Å². The van der Waals surface area contributed by atoms with Crippen molar-refractivity contribution in [3.05, 3.63) is 52.7 Å². The fourth-order valence-corrected chi connectivity index (χ4v) is 2.54. The van der Waals surface area contributed by atoms with Gasteiger partial charge in [-0.25, -0.2) is 0 Å². The zero-order valence-corrected chi connectivity index (χ0v) is 12.5. The van der Waals surface area contributed by atoms with Gasteiger partial charge < -0.3 is 10.6 Å². The van der Waals surface area contributed by atoms with Crippen molar-refractivity contribution in [2.24, 2.45) is 0 Å². The smallest absolute Gasteiger partial charge is 0.220 e. The highest BCUT2D eigenvalue weighted by Crippen LogP contribution is 2.12. The van der Waals surface area contributed by atoms with Crippen molar-refractivity contribution in [2.45, 2.75) is 12.8 Å². The predicted octanol–water partition coefficient (Wildman–Crippen LogP) is 2.94. The number of carbonyl (C=O) groups excluding carboxylic acids is 2. The van der Waals surface area contributed by atoms with E-state index in [1.54, 1.807) is 6.07 Å². The lowest BCUT2D eigenvalue weighted by Gasteiger charge is -2.07. The molecule has 0 saturated carbocycles. The Morgan fingerprint density at radius 2 is 1.76 bits per heavy atom. The van der Waals surface area contributed by atoms with Gasteiger partial charge in [0.2, 0.25) is 5.91 Å². The van der Waals surface area contributed by atoms with Crippen molar-refractivity contribution in [2.75, 3.05) is 18.4 Å². The Morgan fingerprint density at radius 3 is 2.48 bits per heavy atom. The van der Waals surface area contributed by atoms with Crippen LogP contribution in [0.15, 0.2) is 47.8 Å². The van der Waals surface area contributed by atoms with Gasteiger partial charge in [0.25, 0.3) is 0 Å². The molecule has 1 heterocycles. The largest absolute Gasteiger partial charge is 0.383 e. The highest BCUT2D eigenvalue weighted by Gasteiger charge is 2.09. The van der Waals surface area contributed by atoms with Gasteiger partial charge in [0.1, 0.15) is 0 Å². The molecule has 0 radical (unpaired) electrons.